The van der Waals surface area contributed by atoms with Crippen molar-refractivity contribution in [3.8, 4) is 5.69 Å². The molecule has 0 radical (unpaired) electrons. The lowest BCUT2D eigenvalue weighted by Gasteiger charge is -2.15. The van der Waals surface area contributed by atoms with E-state index in [0.29, 0.717) is 17.9 Å². The van der Waals surface area contributed by atoms with Crippen molar-refractivity contribution in [2.45, 2.75) is 6.42 Å². The van der Waals surface area contributed by atoms with E-state index in [4.69, 9.17) is 0 Å². The number of likely N-dealkylation sites (N-methyl/N-ethyl adjacent to an activating group) is 1. The van der Waals surface area contributed by atoms with Crippen LogP contribution in [-0.2, 0) is 6.42 Å². The smallest absolute Gasteiger partial charge is 0.274 e. The van der Waals surface area contributed by atoms with Crippen LogP contribution in [0.15, 0.2) is 61.1 Å². The first kappa shape index (κ1) is 15.9. The molecule has 1 amide bonds. The highest BCUT2D eigenvalue weighted by molar-refractivity contribution is 5.92. The lowest BCUT2D eigenvalue weighted by atomic mass is 10.2. The Morgan fingerprint density at radius 1 is 1.21 bits per heavy atom. The van der Waals surface area contributed by atoms with E-state index in [-0.39, 0.29) is 11.7 Å². The number of pyridine rings is 1. The van der Waals surface area contributed by atoms with Crippen molar-refractivity contribution in [2.24, 2.45) is 0 Å². The molecule has 5 nitrogen and oxygen atoms in total. The van der Waals surface area contributed by atoms with Crippen LogP contribution in [0.25, 0.3) is 5.69 Å². The molecule has 0 saturated carbocycles. The summed E-state index contributed by atoms with van der Waals surface area (Å²) in [6.45, 7) is 0.579. The molecule has 0 unspecified atom stereocenters. The fourth-order valence-corrected chi connectivity index (χ4v) is 2.34. The topological polar surface area (TPSA) is 51.0 Å². The van der Waals surface area contributed by atoms with Crippen LogP contribution in [0.5, 0.6) is 0 Å². The Balaban J connectivity index is 1.67. The van der Waals surface area contributed by atoms with Crippen LogP contribution in [-0.4, -0.2) is 39.2 Å². The third kappa shape index (κ3) is 3.65. The first-order chi connectivity index (χ1) is 11.6. The van der Waals surface area contributed by atoms with Crippen molar-refractivity contribution in [1.82, 2.24) is 19.7 Å². The summed E-state index contributed by atoms with van der Waals surface area (Å²) in [4.78, 5) is 18.0. The summed E-state index contributed by atoms with van der Waals surface area (Å²) in [5.74, 6) is -0.510. The summed E-state index contributed by atoms with van der Waals surface area (Å²) in [6.07, 6.45) is 5.86. The van der Waals surface area contributed by atoms with Gasteiger partial charge in [0.15, 0.2) is 5.69 Å². The van der Waals surface area contributed by atoms with Crippen LogP contribution in [0.3, 0.4) is 0 Å². The molecular weight excluding hydrogens is 307 g/mol. The Morgan fingerprint density at radius 3 is 2.75 bits per heavy atom. The maximum absolute atomic E-state index is 13.3. The number of rotatable bonds is 5. The maximum atomic E-state index is 13.3. The fourth-order valence-electron chi connectivity index (χ4n) is 2.34. The predicted octanol–water partition coefficient (Wildman–Crippen LogP) is 2.72. The number of carbonyl (C=O) groups excluding carboxylic acids is 1. The molecule has 2 aromatic heterocycles. The third-order valence-electron chi connectivity index (χ3n) is 3.71. The number of benzene rings is 1. The van der Waals surface area contributed by atoms with Gasteiger partial charge in [0.05, 0.1) is 5.69 Å². The Bertz CT molecular complexity index is 832. The number of carbonyl (C=O) groups is 1. The summed E-state index contributed by atoms with van der Waals surface area (Å²) in [5.41, 5.74) is 2.03. The van der Waals surface area contributed by atoms with E-state index in [9.17, 15) is 9.18 Å². The number of amides is 1. The first-order valence-electron chi connectivity index (χ1n) is 7.59. The quantitative estimate of drug-likeness (QED) is 0.725. The van der Waals surface area contributed by atoms with Crippen molar-refractivity contribution >= 4 is 5.91 Å². The van der Waals surface area contributed by atoms with E-state index in [0.717, 1.165) is 12.0 Å². The van der Waals surface area contributed by atoms with Gasteiger partial charge >= 0.3 is 0 Å². The van der Waals surface area contributed by atoms with Gasteiger partial charge in [-0.2, -0.15) is 5.10 Å². The van der Waals surface area contributed by atoms with E-state index >= 15 is 0 Å². The molecule has 1 aromatic carbocycles. The fraction of sp³-hybridized carbons (Fsp3) is 0.167. The molecule has 122 valence electrons. The van der Waals surface area contributed by atoms with Crippen molar-refractivity contribution in [3.63, 3.8) is 0 Å². The molecule has 0 aliphatic carbocycles. The lowest BCUT2D eigenvalue weighted by molar-refractivity contribution is 0.0790. The molecule has 0 aliphatic heterocycles. The summed E-state index contributed by atoms with van der Waals surface area (Å²) >= 11 is 0. The standard InChI is InChI=1S/C18H17FN4O/c1-22(11-7-14-5-9-20-10-6-14)18(24)17-8-12-23(21-17)16-4-2-3-15(19)13-16/h2-6,8-10,12-13H,7,11H2,1H3. The molecule has 0 spiro atoms. The van der Waals surface area contributed by atoms with Crippen LogP contribution >= 0.6 is 0 Å². The van der Waals surface area contributed by atoms with Gasteiger partial charge in [-0.1, -0.05) is 6.07 Å². The maximum Gasteiger partial charge on any atom is 0.274 e. The Kier molecular flexibility index (Phi) is 4.65. The van der Waals surface area contributed by atoms with Gasteiger partial charge < -0.3 is 4.90 Å². The van der Waals surface area contributed by atoms with Crippen LogP contribution in [0.1, 0.15) is 16.1 Å². The average molecular weight is 324 g/mol. The summed E-state index contributed by atoms with van der Waals surface area (Å²) < 4.78 is 14.8. The van der Waals surface area contributed by atoms with Crippen molar-refractivity contribution in [2.75, 3.05) is 13.6 Å². The first-order valence-corrected chi connectivity index (χ1v) is 7.59. The van der Waals surface area contributed by atoms with Gasteiger partial charge in [0, 0.05) is 32.2 Å². The van der Waals surface area contributed by atoms with Gasteiger partial charge in [-0.05, 0) is 48.4 Å². The third-order valence-corrected chi connectivity index (χ3v) is 3.71. The Labute approximate surface area is 139 Å². The van der Waals surface area contributed by atoms with Crippen LogP contribution < -0.4 is 0 Å². The largest absolute Gasteiger partial charge is 0.340 e. The van der Waals surface area contributed by atoms with Gasteiger partial charge in [0.1, 0.15) is 5.82 Å². The van der Waals surface area contributed by atoms with Gasteiger partial charge in [-0.25, -0.2) is 9.07 Å². The number of nitrogens with zero attached hydrogens (tertiary/aromatic N) is 4. The monoisotopic (exact) mass is 324 g/mol. The highest BCUT2D eigenvalue weighted by Gasteiger charge is 2.15. The molecule has 24 heavy (non-hydrogen) atoms. The summed E-state index contributed by atoms with van der Waals surface area (Å²) in [6, 6.07) is 11.6. The van der Waals surface area contributed by atoms with Gasteiger partial charge in [0.2, 0.25) is 0 Å². The van der Waals surface area contributed by atoms with E-state index in [1.165, 1.54) is 16.8 Å². The highest BCUT2D eigenvalue weighted by atomic mass is 19.1. The SMILES string of the molecule is CN(CCc1ccncc1)C(=O)c1ccn(-c2cccc(F)c2)n1. The number of halogens is 1. The number of aromatic nitrogens is 3. The van der Waals surface area contributed by atoms with Crippen LogP contribution in [0.2, 0.25) is 0 Å². The zero-order valence-electron chi connectivity index (χ0n) is 13.3. The molecule has 3 rings (SSSR count). The Hall–Kier alpha value is -3.02. The molecule has 6 heteroatoms. The lowest BCUT2D eigenvalue weighted by Crippen LogP contribution is -2.29. The molecule has 3 aromatic rings. The molecular formula is C18H17FN4O. The van der Waals surface area contributed by atoms with E-state index in [1.807, 2.05) is 12.1 Å². The van der Waals surface area contributed by atoms with Gasteiger partial charge in [-0.3, -0.25) is 9.78 Å². The number of hydrogen-bond acceptors (Lipinski definition) is 3. The van der Waals surface area contributed by atoms with Crippen molar-refractivity contribution in [3.05, 3.63) is 78.1 Å². The molecule has 0 bridgehead atoms. The van der Waals surface area contributed by atoms with E-state index in [2.05, 4.69) is 10.1 Å². The second-order valence-electron chi connectivity index (χ2n) is 5.46. The second-order valence-corrected chi connectivity index (χ2v) is 5.46. The normalized spacial score (nSPS) is 10.6. The zero-order valence-corrected chi connectivity index (χ0v) is 13.3. The molecule has 0 fully saturated rings. The number of hydrogen-bond donors (Lipinski definition) is 0. The van der Waals surface area contributed by atoms with Gasteiger partial charge in [-0.15, -0.1) is 0 Å². The zero-order chi connectivity index (χ0) is 16.9. The molecule has 2 heterocycles. The minimum Gasteiger partial charge on any atom is -0.340 e. The Morgan fingerprint density at radius 2 is 2.00 bits per heavy atom. The summed E-state index contributed by atoms with van der Waals surface area (Å²) in [5, 5.41) is 4.25. The highest BCUT2D eigenvalue weighted by Crippen LogP contribution is 2.11. The van der Waals surface area contributed by atoms with Crippen LogP contribution in [0.4, 0.5) is 4.39 Å². The predicted molar refractivity (Wildman–Crippen MR) is 88.4 cm³/mol. The minimum absolute atomic E-state index is 0.167. The second kappa shape index (κ2) is 7.04. The van der Waals surface area contributed by atoms with Crippen molar-refractivity contribution < 1.29 is 9.18 Å². The van der Waals surface area contributed by atoms with E-state index < -0.39 is 0 Å². The van der Waals surface area contributed by atoms with Crippen molar-refractivity contribution in [1.29, 1.82) is 0 Å². The van der Waals surface area contributed by atoms with Gasteiger partial charge in [0.25, 0.3) is 5.91 Å². The molecule has 0 atom stereocenters. The minimum atomic E-state index is -0.342. The molecule has 0 N–H and O–H groups in total. The van der Waals surface area contributed by atoms with E-state index in [1.54, 1.807) is 48.7 Å². The van der Waals surface area contributed by atoms with Crippen LogP contribution in [0, 0.1) is 5.82 Å². The average Bonchev–Trinajstić information content (AvgIpc) is 3.10. The molecule has 0 saturated heterocycles. The molecule has 0 aliphatic rings. The summed E-state index contributed by atoms with van der Waals surface area (Å²) in [7, 11) is 1.74.